The van der Waals surface area contributed by atoms with Gasteiger partial charge in [0.1, 0.15) is 0 Å². The van der Waals surface area contributed by atoms with Gasteiger partial charge in [0.2, 0.25) is 5.91 Å². The number of nitrogens with one attached hydrogen (secondary N) is 1. The van der Waals surface area contributed by atoms with Crippen LogP contribution >= 0.6 is 27.3 Å². The van der Waals surface area contributed by atoms with Crippen LogP contribution in [0.5, 0.6) is 0 Å². The fourth-order valence-corrected chi connectivity index (χ4v) is 5.38. The standard InChI is InChI=1S/C15H15BrN2O3S2/c1-9-13(10-2-4-12(16)5-3-10)17-15(22-9)18-14(19)11-6-7-23(20,21)8-11/h2-5,11H,6-8H2,1H3,(H,17,18,19). The van der Waals surface area contributed by atoms with E-state index in [1.54, 1.807) is 0 Å². The Labute approximate surface area is 147 Å². The quantitative estimate of drug-likeness (QED) is 0.835. The van der Waals surface area contributed by atoms with Crippen molar-refractivity contribution in [3.05, 3.63) is 33.6 Å². The lowest BCUT2D eigenvalue weighted by molar-refractivity contribution is -0.119. The second-order valence-corrected chi connectivity index (χ2v) is 9.87. The molecule has 0 bridgehead atoms. The first kappa shape index (κ1) is 16.6. The molecule has 1 fully saturated rings. The summed E-state index contributed by atoms with van der Waals surface area (Å²) in [6.45, 7) is 1.95. The van der Waals surface area contributed by atoms with E-state index >= 15 is 0 Å². The van der Waals surface area contributed by atoms with Gasteiger partial charge < -0.3 is 5.32 Å². The highest BCUT2D eigenvalue weighted by Gasteiger charge is 2.33. The lowest BCUT2D eigenvalue weighted by Crippen LogP contribution is -2.23. The van der Waals surface area contributed by atoms with E-state index in [0.29, 0.717) is 11.6 Å². The fourth-order valence-electron chi connectivity index (χ4n) is 2.53. The maximum absolute atomic E-state index is 12.2. The van der Waals surface area contributed by atoms with Gasteiger partial charge in [-0.1, -0.05) is 28.1 Å². The first-order valence-electron chi connectivity index (χ1n) is 7.09. The van der Waals surface area contributed by atoms with Crippen molar-refractivity contribution in [1.29, 1.82) is 0 Å². The second-order valence-electron chi connectivity index (χ2n) is 5.52. The van der Waals surface area contributed by atoms with Gasteiger partial charge in [-0.25, -0.2) is 13.4 Å². The number of rotatable bonds is 3. The zero-order chi connectivity index (χ0) is 16.6. The smallest absolute Gasteiger partial charge is 0.230 e. The van der Waals surface area contributed by atoms with Crippen LogP contribution in [0.2, 0.25) is 0 Å². The average molecular weight is 415 g/mol. The van der Waals surface area contributed by atoms with E-state index < -0.39 is 15.8 Å². The largest absolute Gasteiger partial charge is 0.302 e. The third kappa shape index (κ3) is 3.81. The molecule has 1 aliphatic rings. The lowest BCUT2D eigenvalue weighted by atomic mass is 10.1. The van der Waals surface area contributed by atoms with Crippen molar-refractivity contribution in [1.82, 2.24) is 4.98 Å². The number of amides is 1. The molecule has 2 heterocycles. The van der Waals surface area contributed by atoms with E-state index in [-0.39, 0.29) is 17.4 Å². The number of halogens is 1. The molecule has 8 heteroatoms. The SMILES string of the molecule is Cc1sc(NC(=O)C2CCS(=O)(=O)C2)nc1-c1ccc(Br)cc1. The van der Waals surface area contributed by atoms with Gasteiger partial charge in [-0.05, 0) is 25.5 Å². The summed E-state index contributed by atoms with van der Waals surface area (Å²) in [5, 5.41) is 3.27. The summed E-state index contributed by atoms with van der Waals surface area (Å²) in [6.07, 6.45) is 0.387. The van der Waals surface area contributed by atoms with E-state index in [9.17, 15) is 13.2 Å². The van der Waals surface area contributed by atoms with Crippen LogP contribution in [-0.4, -0.2) is 30.8 Å². The Kier molecular flexibility index (Phi) is 4.57. The molecule has 1 N–H and O–H groups in total. The highest BCUT2D eigenvalue weighted by molar-refractivity contribution is 9.10. The van der Waals surface area contributed by atoms with E-state index in [0.717, 1.165) is 20.6 Å². The molecule has 5 nitrogen and oxygen atoms in total. The van der Waals surface area contributed by atoms with E-state index in [4.69, 9.17) is 0 Å². The summed E-state index contributed by atoms with van der Waals surface area (Å²) in [6, 6.07) is 7.80. The molecule has 0 saturated carbocycles. The van der Waals surface area contributed by atoms with E-state index in [1.165, 1.54) is 11.3 Å². The zero-order valence-electron chi connectivity index (χ0n) is 12.4. The highest BCUT2D eigenvalue weighted by atomic mass is 79.9. The average Bonchev–Trinajstić information content (AvgIpc) is 3.02. The summed E-state index contributed by atoms with van der Waals surface area (Å²) >= 11 is 4.79. The van der Waals surface area contributed by atoms with Gasteiger partial charge in [-0.15, -0.1) is 11.3 Å². The maximum Gasteiger partial charge on any atom is 0.230 e. The van der Waals surface area contributed by atoms with Crippen molar-refractivity contribution in [2.75, 3.05) is 16.8 Å². The molecular weight excluding hydrogens is 400 g/mol. The molecule has 1 amide bonds. The maximum atomic E-state index is 12.2. The number of thiazole rings is 1. The van der Waals surface area contributed by atoms with Crippen molar-refractivity contribution in [2.45, 2.75) is 13.3 Å². The Morgan fingerprint density at radius 2 is 2.04 bits per heavy atom. The number of hydrogen-bond donors (Lipinski definition) is 1. The van der Waals surface area contributed by atoms with Gasteiger partial charge in [0.25, 0.3) is 0 Å². The molecule has 122 valence electrons. The molecule has 3 rings (SSSR count). The number of nitrogens with zero attached hydrogens (tertiary/aromatic N) is 1. The van der Waals surface area contributed by atoms with Crippen molar-refractivity contribution in [2.24, 2.45) is 5.92 Å². The van der Waals surface area contributed by atoms with Crippen LogP contribution in [0.3, 0.4) is 0 Å². The molecule has 23 heavy (non-hydrogen) atoms. The molecule has 2 aromatic rings. The molecule has 1 aliphatic heterocycles. The monoisotopic (exact) mass is 414 g/mol. The van der Waals surface area contributed by atoms with Gasteiger partial charge in [-0.2, -0.15) is 0 Å². The van der Waals surface area contributed by atoms with Gasteiger partial charge in [-0.3, -0.25) is 4.79 Å². The van der Waals surface area contributed by atoms with E-state index in [1.807, 2.05) is 31.2 Å². The van der Waals surface area contributed by atoms with Crippen LogP contribution in [0.1, 0.15) is 11.3 Å². The lowest BCUT2D eigenvalue weighted by Gasteiger charge is -2.06. The zero-order valence-corrected chi connectivity index (χ0v) is 15.6. The summed E-state index contributed by atoms with van der Waals surface area (Å²) in [4.78, 5) is 17.7. The Morgan fingerprint density at radius 1 is 1.35 bits per heavy atom. The number of anilines is 1. The number of aryl methyl sites for hydroxylation is 1. The predicted molar refractivity (Wildman–Crippen MR) is 95.4 cm³/mol. The molecule has 1 saturated heterocycles. The second kappa shape index (κ2) is 6.33. The molecule has 0 aliphatic carbocycles. The fraction of sp³-hybridized carbons (Fsp3) is 0.333. The predicted octanol–water partition coefficient (Wildman–Crippen LogP) is 3.25. The number of hydrogen-bond acceptors (Lipinski definition) is 5. The van der Waals surface area contributed by atoms with Crippen LogP contribution in [-0.2, 0) is 14.6 Å². The number of aromatic nitrogens is 1. The summed E-state index contributed by atoms with van der Waals surface area (Å²) in [7, 11) is -3.07. The molecule has 0 radical (unpaired) electrons. The Bertz CT molecular complexity index is 844. The van der Waals surface area contributed by atoms with Crippen molar-refractivity contribution in [3.63, 3.8) is 0 Å². The molecular formula is C15H15BrN2O3S2. The third-order valence-corrected chi connectivity index (χ3v) is 6.93. The van der Waals surface area contributed by atoms with Crippen molar-refractivity contribution < 1.29 is 13.2 Å². The Morgan fingerprint density at radius 3 is 2.65 bits per heavy atom. The summed E-state index contributed by atoms with van der Waals surface area (Å²) < 4.78 is 23.9. The number of sulfone groups is 1. The minimum Gasteiger partial charge on any atom is -0.302 e. The summed E-state index contributed by atoms with van der Waals surface area (Å²) in [5.74, 6) is -0.711. The van der Waals surface area contributed by atoms with Gasteiger partial charge in [0.15, 0.2) is 15.0 Å². The number of carbonyl (C=O) groups is 1. The minimum atomic E-state index is -3.07. The first-order valence-corrected chi connectivity index (χ1v) is 10.5. The third-order valence-electron chi connectivity index (χ3n) is 3.75. The van der Waals surface area contributed by atoms with Crippen molar-refractivity contribution in [3.8, 4) is 11.3 Å². The number of carbonyl (C=O) groups excluding carboxylic acids is 1. The van der Waals surface area contributed by atoms with Crippen LogP contribution in [0.15, 0.2) is 28.7 Å². The molecule has 1 aromatic carbocycles. The molecule has 1 aromatic heterocycles. The highest BCUT2D eigenvalue weighted by Crippen LogP contribution is 2.31. The number of benzene rings is 1. The van der Waals surface area contributed by atoms with Crippen LogP contribution in [0, 0.1) is 12.8 Å². The normalized spacial score (nSPS) is 19.7. The van der Waals surface area contributed by atoms with Gasteiger partial charge >= 0.3 is 0 Å². The molecule has 1 atom stereocenters. The molecule has 1 unspecified atom stereocenters. The Hall–Kier alpha value is -1.25. The van der Waals surface area contributed by atoms with Crippen molar-refractivity contribution >= 4 is 48.1 Å². The topological polar surface area (TPSA) is 76.1 Å². The first-order chi connectivity index (χ1) is 10.8. The molecule has 0 spiro atoms. The van der Waals surface area contributed by atoms with Gasteiger partial charge in [0, 0.05) is 14.9 Å². The van der Waals surface area contributed by atoms with Crippen LogP contribution < -0.4 is 5.32 Å². The Balaban J connectivity index is 1.76. The van der Waals surface area contributed by atoms with E-state index in [2.05, 4.69) is 26.2 Å². The minimum absolute atomic E-state index is 0.0667. The van der Waals surface area contributed by atoms with Crippen LogP contribution in [0.4, 0.5) is 5.13 Å². The van der Waals surface area contributed by atoms with Crippen LogP contribution in [0.25, 0.3) is 11.3 Å². The summed E-state index contributed by atoms with van der Waals surface area (Å²) in [5.41, 5.74) is 1.81. The van der Waals surface area contributed by atoms with Gasteiger partial charge in [0.05, 0.1) is 23.1 Å².